The molecule has 2 aromatic heterocycles. The molecule has 0 aliphatic carbocycles. The summed E-state index contributed by atoms with van der Waals surface area (Å²) in [4.78, 5) is 25.3. The molecular formula is C17H16N6O2. The quantitative estimate of drug-likeness (QED) is 0.561. The van der Waals surface area contributed by atoms with Crippen molar-refractivity contribution < 1.29 is 4.92 Å². The Morgan fingerprint density at radius 2 is 1.84 bits per heavy atom. The summed E-state index contributed by atoms with van der Waals surface area (Å²) < 4.78 is 0. The van der Waals surface area contributed by atoms with E-state index >= 15 is 0 Å². The molecule has 3 aromatic rings. The maximum absolute atomic E-state index is 11.7. The van der Waals surface area contributed by atoms with Crippen molar-refractivity contribution in [3.05, 3.63) is 70.7 Å². The second-order valence-electron chi connectivity index (χ2n) is 5.34. The Balaban J connectivity index is 2.04. The third-order valence-electron chi connectivity index (χ3n) is 3.58. The van der Waals surface area contributed by atoms with Gasteiger partial charge in [0.25, 0.3) is 0 Å². The number of nitrogens with zero attached hydrogens (tertiary/aromatic N) is 5. The Morgan fingerprint density at radius 3 is 2.52 bits per heavy atom. The molecule has 0 unspecified atom stereocenters. The average Bonchev–Trinajstić information content (AvgIpc) is 2.61. The van der Waals surface area contributed by atoms with Crippen LogP contribution in [0, 0.1) is 17.0 Å². The van der Waals surface area contributed by atoms with Gasteiger partial charge in [0.05, 0.1) is 4.92 Å². The van der Waals surface area contributed by atoms with Gasteiger partial charge in [-0.15, -0.1) is 0 Å². The van der Waals surface area contributed by atoms with Gasteiger partial charge in [0.15, 0.2) is 0 Å². The summed E-state index contributed by atoms with van der Waals surface area (Å²) in [5.74, 6) is 0.771. The fourth-order valence-corrected chi connectivity index (χ4v) is 2.38. The number of para-hydroxylation sites is 1. The lowest BCUT2D eigenvalue weighted by Gasteiger charge is -2.18. The number of aryl methyl sites for hydroxylation is 1. The number of hydrogen-bond donors (Lipinski definition) is 1. The molecule has 0 radical (unpaired) electrons. The lowest BCUT2D eigenvalue weighted by atomic mass is 10.3. The van der Waals surface area contributed by atoms with E-state index in [2.05, 4.69) is 20.3 Å². The van der Waals surface area contributed by atoms with Crippen molar-refractivity contribution in [2.24, 2.45) is 0 Å². The molecule has 8 heteroatoms. The van der Waals surface area contributed by atoms with E-state index in [4.69, 9.17) is 0 Å². The molecule has 0 amide bonds. The number of rotatable bonds is 5. The Morgan fingerprint density at radius 1 is 1.08 bits per heavy atom. The van der Waals surface area contributed by atoms with Gasteiger partial charge in [0.1, 0.15) is 12.1 Å². The normalized spacial score (nSPS) is 10.3. The van der Waals surface area contributed by atoms with E-state index in [1.54, 1.807) is 18.0 Å². The Kier molecular flexibility index (Phi) is 4.51. The van der Waals surface area contributed by atoms with Crippen LogP contribution in [0.15, 0.2) is 54.9 Å². The van der Waals surface area contributed by atoms with Crippen molar-refractivity contribution in [2.75, 3.05) is 17.3 Å². The second kappa shape index (κ2) is 6.91. The third kappa shape index (κ3) is 3.52. The molecule has 0 spiro atoms. The highest BCUT2D eigenvalue weighted by molar-refractivity contribution is 5.77. The highest BCUT2D eigenvalue weighted by Gasteiger charge is 2.26. The summed E-state index contributed by atoms with van der Waals surface area (Å²) >= 11 is 0. The fourth-order valence-electron chi connectivity index (χ4n) is 2.38. The van der Waals surface area contributed by atoms with Crippen LogP contribution >= 0.6 is 0 Å². The number of benzene rings is 1. The number of aromatic nitrogens is 3. The predicted molar refractivity (Wildman–Crippen MR) is 95.4 cm³/mol. The van der Waals surface area contributed by atoms with E-state index in [1.165, 1.54) is 6.33 Å². The molecule has 2 heterocycles. The molecule has 0 atom stereocenters. The lowest BCUT2D eigenvalue weighted by Crippen LogP contribution is -2.15. The fraction of sp³-hybridized carbons (Fsp3) is 0.118. The van der Waals surface area contributed by atoms with Gasteiger partial charge >= 0.3 is 5.69 Å². The minimum atomic E-state index is -0.493. The number of pyridine rings is 1. The molecule has 1 aromatic carbocycles. The number of nitrogens with one attached hydrogen (secondary N) is 1. The zero-order valence-electron chi connectivity index (χ0n) is 13.7. The standard InChI is InChI=1S/C17H16N6O2/c1-12-7-6-10-14(20-12)21-16-15(23(24)25)17(19-11-18-16)22(2)13-8-4-3-5-9-13/h3-11H,1-2H3,(H,18,19,20,21). The minimum Gasteiger partial charge on any atom is -0.324 e. The Bertz CT molecular complexity index is 901. The van der Waals surface area contributed by atoms with Gasteiger partial charge in [-0.3, -0.25) is 10.1 Å². The van der Waals surface area contributed by atoms with Crippen LogP contribution in [-0.4, -0.2) is 26.9 Å². The lowest BCUT2D eigenvalue weighted by molar-refractivity contribution is -0.383. The number of nitro groups is 1. The summed E-state index contributed by atoms with van der Waals surface area (Å²) in [6.45, 7) is 1.84. The Hall–Kier alpha value is -3.55. The molecule has 0 saturated carbocycles. The van der Waals surface area contributed by atoms with Crippen molar-refractivity contribution in [1.29, 1.82) is 0 Å². The Labute approximate surface area is 144 Å². The maximum Gasteiger partial charge on any atom is 0.354 e. The van der Waals surface area contributed by atoms with E-state index in [-0.39, 0.29) is 17.3 Å². The van der Waals surface area contributed by atoms with Crippen molar-refractivity contribution in [1.82, 2.24) is 15.0 Å². The second-order valence-corrected chi connectivity index (χ2v) is 5.34. The van der Waals surface area contributed by atoms with Gasteiger partial charge in [-0.25, -0.2) is 15.0 Å². The summed E-state index contributed by atoms with van der Waals surface area (Å²) in [5.41, 5.74) is 1.37. The van der Waals surface area contributed by atoms with E-state index < -0.39 is 4.92 Å². The van der Waals surface area contributed by atoms with Gasteiger partial charge in [-0.1, -0.05) is 24.3 Å². The van der Waals surface area contributed by atoms with E-state index in [0.29, 0.717) is 5.82 Å². The highest BCUT2D eigenvalue weighted by atomic mass is 16.6. The van der Waals surface area contributed by atoms with Crippen molar-refractivity contribution >= 4 is 28.8 Å². The average molecular weight is 336 g/mol. The van der Waals surface area contributed by atoms with E-state index in [9.17, 15) is 10.1 Å². The number of anilines is 4. The summed E-state index contributed by atoms with van der Waals surface area (Å²) in [6, 6.07) is 14.7. The number of hydrogen-bond acceptors (Lipinski definition) is 7. The molecule has 25 heavy (non-hydrogen) atoms. The van der Waals surface area contributed by atoms with Crippen LogP contribution < -0.4 is 10.2 Å². The SMILES string of the molecule is Cc1cccc(Nc2ncnc(N(C)c3ccccc3)c2[N+](=O)[O-])n1. The summed E-state index contributed by atoms with van der Waals surface area (Å²) in [6.07, 6.45) is 1.29. The van der Waals surface area contributed by atoms with Gasteiger partial charge in [-0.05, 0) is 31.2 Å². The molecular weight excluding hydrogens is 320 g/mol. The first kappa shape index (κ1) is 16.3. The zero-order chi connectivity index (χ0) is 17.8. The van der Waals surface area contributed by atoms with Gasteiger partial charge in [-0.2, -0.15) is 0 Å². The minimum absolute atomic E-state index is 0.0934. The monoisotopic (exact) mass is 336 g/mol. The largest absolute Gasteiger partial charge is 0.354 e. The third-order valence-corrected chi connectivity index (χ3v) is 3.58. The van der Waals surface area contributed by atoms with Crippen molar-refractivity contribution in [2.45, 2.75) is 6.92 Å². The molecule has 1 N–H and O–H groups in total. The van der Waals surface area contributed by atoms with Crippen LogP contribution in [0.5, 0.6) is 0 Å². The molecule has 8 nitrogen and oxygen atoms in total. The van der Waals surface area contributed by atoms with Crippen molar-refractivity contribution in [3.63, 3.8) is 0 Å². The first-order valence-electron chi connectivity index (χ1n) is 7.55. The summed E-state index contributed by atoms with van der Waals surface area (Å²) in [5, 5.41) is 14.6. The molecule has 3 rings (SSSR count). The topological polar surface area (TPSA) is 97.1 Å². The van der Waals surface area contributed by atoms with Gasteiger partial charge < -0.3 is 10.2 Å². The molecule has 126 valence electrons. The maximum atomic E-state index is 11.7. The van der Waals surface area contributed by atoms with Gasteiger partial charge in [0, 0.05) is 18.4 Å². The predicted octanol–water partition coefficient (Wildman–Crippen LogP) is 3.60. The van der Waals surface area contributed by atoms with E-state index in [1.807, 2.05) is 49.4 Å². The van der Waals surface area contributed by atoms with Crippen LogP contribution in [0.25, 0.3) is 0 Å². The summed E-state index contributed by atoms with van der Waals surface area (Å²) in [7, 11) is 1.72. The van der Waals surface area contributed by atoms with Crippen LogP contribution in [0.3, 0.4) is 0 Å². The first-order chi connectivity index (χ1) is 12.1. The van der Waals surface area contributed by atoms with Crippen LogP contribution in [-0.2, 0) is 0 Å². The molecule has 0 aliphatic rings. The van der Waals surface area contributed by atoms with E-state index in [0.717, 1.165) is 11.4 Å². The smallest absolute Gasteiger partial charge is 0.324 e. The van der Waals surface area contributed by atoms with Crippen molar-refractivity contribution in [3.8, 4) is 0 Å². The van der Waals surface area contributed by atoms with Crippen LogP contribution in [0.1, 0.15) is 5.69 Å². The molecule has 0 fully saturated rings. The molecule has 0 aliphatic heterocycles. The first-order valence-corrected chi connectivity index (χ1v) is 7.55. The molecule has 0 bridgehead atoms. The molecule has 0 saturated heterocycles. The van der Waals surface area contributed by atoms with Crippen LogP contribution in [0.4, 0.5) is 28.8 Å². The van der Waals surface area contributed by atoms with Crippen LogP contribution in [0.2, 0.25) is 0 Å². The van der Waals surface area contributed by atoms with Gasteiger partial charge in [0.2, 0.25) is 11.6 Å². The highest BCUT2D eigenvalue weighted by Crippen LogP contribution is 2.35. The zero-order valence-corrected chi connectivity index (χ0v) is 13.7.